The Kier molecular flexibility index (Phi) is 6.24. The van der Waals surface area contributed by atoms with Gasteiger partial charge in [-0.05, 0) is 31.4 Å². The number of hydrogen-bond donors (Lipinski definition) is 0. The summed E-state index contributed by atoms with van der Waals surface area (Å²) in [6.07, 6.45) is 3.04. The van der Waals surface area contributed by atoms with Gasteiger partial charge in [0.25, 0.3) is 5.91 Å². The SMILES string of the molecule is COc1ccccc1C(=O)N1CCCN(C(=O)C2CCCN2S(C)(=O)=O)CC1. The molecule has 9 heteroatoms. The first kappa shape index (κ1) is 20.6. The summed E-state index contributed by atoms with van der Waals surface area (Å²) in [5, 5.41) is 0. The van der Waals surface area contributed by atoms with Crippen LogP contribution in [0.5, 0.6) is 5.75 Å². The molecule has 0 spiro atoms. The Labute approximate surface area is 166 Å². The first-order valence-corrected chi connectivity index (χ1v) is 11.4. The maximum Gasteiger partial charge on any atom is 0.257 e. The number of nitrogens with zero attached hydrogens (tertiary/aromatic N) is 3. The summed E-state index contributed by atoms with van der Waals surface area (Å²) >= 11 is 0. The van der Waals surface area contributed by atoms with Gasteiger partial charge in [-0.1, -0.05) is 12.1 Å². The van der Waals surface area contributed by atoms with Gasteiger partial charge in [0.15, 0.2) is 0 Å². The molecule has 2 heterocycles. The highest BCUT2D eigenvalue weighted by atomic mass is 32.2. The highest BCUT2D eigenvalue weighted by Crippen LogP contribution is 2.24. The van der Waals surface area contributed by atoms with Crippen LogP contribution in [0.25, 0.3) is 0 Å². The second-order valence-electron chi connectivity index (χ2n) is 7.20. The minimum Gasteiger partial charge on any atom is -0.496 e. The van der Waals surface area contributed by atoms with Gasteiger partial charge in [0.2, 0.25) is 15.9 Å². The van der Waals surface area contributed by atoms with Crippen molar-refractivity contribution in [3.05, 3.63) is 29.8 Å². The molecule has 1 unspecified atom stereocenters. The lowest BCUT2D eigenvalue weighted by atomic mass is 10.1. The molecule has 2 aliphatic heterocycles. The van der Waals surface area contributed by atoms with Crippen molar-refractivity contribution in [2.24, 2.45) is 0 Å². The minimum absolute atomic E-state index is 0.120. The van der Waals surface area contributed by atoms with E-state index in [9.17, 15) is 18.0 Å². The van der Waals surface area contributed by atoms with Gasteiger partial charge in [-0.25, -0.2) is 8.42 Å². The van der Waals surface area contributed by atoms with E-state index in [1.54, 1.807) is 28.0 Å². The van der Waals surface area contributed by atoms with Crippen LogP contribution in [0, 0.1) is 0 Å². The van der Waals surface area contributed by atoms with Crippen molar-refractivity contribution >= 4 is 21.8 Å². The molecule has 1 aromatic rings. The van der Waals surface area contributed by atoms with Crippen LogP contribution >= 0.6 is 0 Å². The molecule has 0 N–H and O–H groups in total. The first-order valence-electron chi connectivity index (χ1n) is 9.51. The van der Waals surface area contributed by atoms with Crippen molar-refractivity contribution in [3.63, 3.8) is 0 Å². The Balaban J connectivity index is 1.68. The van der Waals surface area contributed by atoms with Gasteiger partial charge < -0.3 is 14.5 Å². The van der Waals surface area contributed by atoms with Crippen LogP contribution in [-0.2, 0) is 14.8 Å². The van der Waals surface area contributed by atoms with Gasteiger partial charge in [0.05, 0.1) is 18.9 Å². The van der Waals surface area contributed by atoms with E-state index in [-0.39, 0.29) is 11.8 Å². The Morgan fingerprint density at radius 1 is 1.00 bits per heavy atom. The van der Waals surface area contributed by atoms with Crippen molar-refractivity contribution in [3.8, 4) is 5.75 Å². The van der Waals surface area contributed by atoms with E-state index in [0.29, 0.717) is 63.3 Å². The smallest absolute Gasteiger partial charge is 0.257 e. The van der Waals surface area contributed by atoms with Crippen molar-refractivity contribution in [1.82, 2.24) is 14.1 Å². The molecule has 1 atom stereocenters. The van der Waals surface area contributed by atoms with E-state index < -0.39 is 16.1 Å². The molecule has 3 rings (SSSR count). The Morgan fingerprint density at radius 2 is 1.68 bits per heavy atom. The molecule has 0 saturated carbocycles. The van der Waals surface area contributed by atoms with Gasteiger partial charge in [-0.2, -0.15) is 4.31 Å². The average Bonchev–Trinajstić information content (AvgIpc) is 3.06. The van der Waals surface area contributed by atoms with Crippen LogP contribution in [-0.4, -0.2) is 86.5 Å². The zero-order valence-corrected chi connectivity index (χ0v) is 17.2. The molecular formula is C19H27N3O5S. The largest absolute Gasteiger partial charge is 0.496 e. The average molecular weight is 410 g/mol. The number of carbonyl (C=O) groups excluding carboxylic acids is 2. The molecule has 154 valence electrons. The quantitative estimate of drug-likeness (QED) is 0.734. The number of amides is 2. The van der Waals surface area contributed by atoms with E-state index >= 15 is 0 Å². The number of sulfonamides is 1. The molecule has 0 aliphatic carbocycles. The number of ether oxygens (including phenoxy) is 1. The second-order valence-corrected chi connectivity index (χ2v) is 9.14. The first-order chi connectivity index (χ1) is 13.3. The summed E-state index contributed by atoms with van der Waals surface area (Å²) in [6, 6.07) is 6.47. The summed E-state index contributed by atoms with van der Waals surface area (Å²) < 4.78 is 30.5. The molecule has 0 bridgehead atoms. The monoisotopic (exact) mass is 409 g/mol. The lowest BCUT2D eigenvalue weighted by Gasteiger charge is -2.28. The number of hydrogen-bond acceptors (Lipinski definition) is 5. The Hall–Kier alpha value is -2.13. The molecule has 0 radical (unpaired) electrons. The van der Waals surface area contributed by atoms with E-state index in [2.05, 4.69) is 0 Å². The number of methoxy groups -OCH3 is 1. The molecule has 28 heavy (non-hydrogen) atoms. The maximum absolute atomic E-state index is 13.0. The van der Waals surface area contributed by atoms with Gasteiger partial charge in [-0.15, -0.1) is 0 Å². The molecule has 2 saturated heterocycles. The fourth-order valence-electron chi connectivity index (χ4n) is 3.93. The summed E-state index contributed by atoms with van der Waals surface area (Å²) in [5.41, 5.74) is 0.504. The molecule has 1 aromatic carbocycles. The summed E-state index contributed by atoms with van der Waals surface area (Å²) in [7, 11) is -1.87. The summed E-state index contributed by atoms with van der Waals surface area (Å²) in [4.78, 5) is 29.3. The van der Waals surface area contributed by atoms with Crippen LogP contribution in [0.2, 0.25) is 0 Å². The molecule has 2 fully saturated rings. The molecular weight excluding hydrogens is 382 g/mol. The van der Waals surface area contributed by atoms with Gasteiger partial charge in [0, 0.05) is 32.7 Å². The normalized spacial score (nSPS) is 21.4. The summed E-state index contributed by atoms with van der Waals surface area (Å²) in [6.45, 7) is 2.26. The van der Waals surface area contributed by atoms with E-state index in [4.69, 9.17) is 4.74 Å². The van der Waals surface area contributed by atoms with Gasteiger partial charge in [0.1, 0.15) is 11.8 Å². The third-order valence-electron chi connectivity index (χ3n) is 5.35. The number of rotatable bonds is 4. The molecule has 0 aromatic heterocycles. The van der Waals surface area contributed by atoms with Gasteiger partial charge in [-0.3, -0.25) is 9.59 Å². The molecule has 8 nitrogen and oxygen atoms in total. The minimum atomic E-state index is -3.41. The molecule has 2 aliphatic rings. The van der Waals surface area contributed by atoms with Crippen LogP contribution < -0.4 is 4.74 Å². The lowest BCUT2D eigenvalue weighted by molar-refractivity contribution is -0.134. The highest BCUT2D eigenvalue weighted by Gasteiger charge is 2.39. The predicted octanol–water partition coefficient (Wildman–Crippen LogP) is 0.794. The number of benzene rings is 1. The number of carbonyl (C=O) groups is 2. The Morgan fingerprint density at radius 3 is 2.39 bits per heavy atom. The van der Waals surface area contributed by atoms with Crippen molar-refractivity contribution in [2.45, 2.75) is 25.3 Å². The van der Waals surface area contributed by atoms with Crippen LogP contribution in [0.15, 0.2) is 24.3 Å². The van der Waals surface area contributed by atoms with Crippen LogP contribution in [0.4, 0.5) is 0 Å². The summed E-state index contributed by atoms with van der Waals surface area (Å²) in [5.74, 6) is 0.249. The fraction of sp³-hybridized carbons (Fsp3) is 0.579. The van der Waals surface area contributed by atoms with Crippen molar-refractivity contribution < 1.29 is 22.7 Å². The maximum atomic E-state index is 13.0. The van der Waals surface area contributed by atoms with Crippen LogP contribution in [0.1, 0.15) is 29.6 Å². The molecule has 2 amide bonds. The van der Waals surface area contributed by atoms with Crippen LogP contribution in [0.3, 0.4) is 0 Å². The predicted molar refractivity (Wildman–Crippen MR) is 105 cm³/mol. The standard InChI is InChI=1S/C19H27N3O5S/c1-27-17-9-4-3-7-15(17)18(23)20-10-6-11-21(14-13-20)19(24)16-8-5-12-22(16)28(2,25)26/h3-4,7,9,16H,5-6,8,10-14H2,1-2H3. The zero-order valence-electron chi connectivity index (χ0n) is 16.3. The third kappa shape index (κ3) is 4.30. The van der Waals surface area contributed by atoms with Crippen molar-refractivity contribution in [1.29, 1.82) is 0 Å². The van der Waals surface area contributed by atoms with E-state index in [1.807, 2.05) is 6.07 Å². The lowest BCUT2D eigenvalue weighted by Crippen LogP contribution is -2.48. The third-order valence-corrected chi connectivity index (χ3v) is 6.64. The van der Waals surface area contributed by atoms with E-state index in [1.165, 1.54) is 11.4 Å². The second kappa shape index (κ2) is 8.48. The van der Waals surface area contributed by atoms with E-state index in [0.717, 1.165) is 6.26 Å². The fourth-order valence-corrected chi connectivity index (χ4v) is 5.05. The van der Waals surface area contributed by atoms with Crippen molar-refractivity contribution in [2.75, 3.05) is 46.1 Å². The highest BCUT2D eigenvalue weighted by molar-refractivity contribution is 7.88. The Bertz CT molecular complexity index is 842. The zero-order chi connectivity index (χ0) is 20.3. The van der Waals surface area contributed by atoms with Gasteiger partial charge >= 0.3 is 0 Å². The topological polar surface area (TPSA) is 87.2 Å². The number of para-hydroxylation sites is 1.